The van der Waals surface area contributed by atoms with Gasteiger partial charge in [0.1, 0.15) is 25.0 Å². The van der Waals surface area contributed by atoms with Gasteiger partial charge in [-0.05, 0) is 42.5 Å². The molecule has 0 aliphatic carbocycles. The van der Waals surface area contributed by atoms with Crippen molar-refractivity contribution in [2.24, 2.45) is 0 Å². The van der Waals surface area contributed by atoms with Crippen molar-refractivity contribution < 1.29 is 27.4 Å². The van der Waals surface area contributed by atoms with Crippen molar-refractivity contribution in [3.05, 3.63) is 77.8 Å². The van der Waals surface area contributed by atoms with E-state index in [1.807, 2.05) is 12.1 Å². The topological polar surface area (TPSA) is 94.2 Å². The van der Waals surface area contributed by atoms with Crippen LogP contribution in [0.5, 0.6) is 17.2 Å². The molecule has 10 heteroatoms. The molecule has 1 aliphatic heterocycles. The van der Waals surface area contributed by atoms with Gasteiger partial charge in [0.2, 0.25) is 5.91 Å². The van der Waals surface area contributed by atoms with Crippen molar-refractivity contribution in [3.63, 3.8) is 0 Å². The lowest BCUT2D eigenvalue weighted by Crippen LogP contribution is -2.45. The average Bonchev–Trinajstić information content (AvgIpc) is 2.86. The lowest BCUT2D eigenvalue weighted by atomic mass is 10.2. The number of halogens is 1. The summed E-state index contributed by atoms with van der Waals surface area (Å²) in [7, 11) is -2.69. The van der Waals surface area contributed by atoms with E-state index in [1.54, 1.807) is 42.5 Å². The Morgan fingerprint density at radius 2 is 1.79 bits per heavy atom. The molecule has 0 saturated heterocycles. The van der Waals surface area contributed by atoms with Crippen LogP contribution < -0.4 is 23.8 Å². The first-order valence-corrected chi connectivity index (χ1v) is 12.3. The van der Waals surface area contributed by atoms with Gasteiger partial charge in [0.15, 0.2) is 11.5 Å². The summed E-state index contributed by atoms with van der Waals surface area (Å²) in [6.07, 6.45) is -0.418. The van der Waals surface area contributed by atoms with E-state index in [2.05, 4.69) is 5.32 Å². The van der Waals surface area contributed by atoms with Gasteiger partial charge in [-0.2, -0.15) is 0 Å². The van der Waals surface area contributed by atoms with Gasteiger partial charge in [-0.3, -0.25) is 9.10 Å². The summed E-state index contributed by atoms with van der Waals surface area (Å²) < 4.78 is 44.8. The Bertz CT molecular complexity index is 1270. The second-order valence-corrected chi connectivity index (χ2v) is 9.74. The molecule has 1 N–H and O–H groups in total. The van der Waals surface area contributed by atoms with Gasteiger partial charge in [-0.25, -0.2) is 8.42 Å². The summed E-state index contributed by atoms with van der Waals surface area (Å²) >= 11 is 6.15. The number of hydrogen-bond donors (Lipinski definition) is 1. The number of nitrogens with one attached hydrogen (secondary N) is 1. The Hall–Kier alpha value is -3.43. The van der Waals surface area contributed by atoms with Crippen LogP contribution in [0.3, 0.4) is 0 Å². The first-order valence-electron chi connectivity index (χ1n) is 10.4. The van der Waals surface area contributed by atoms with Crippen molar-refractivity contribution in [3.8, 4) is 17.2 Å². The number of anilines is 1. The molecule has 3 aromatic carbocycles. The predicted molar refractivity (Wildman–Crippen MR) is 128 cm³/mol. The van der Waals surface area contributed by atoms with Gasteiger partial charge in [0.05, 0.1) is 24.2 Å². The maximum atomic E-state index is 13.5. The number of fused-ring (bicyclic) bond motifs is 1. The van der Waals surface area contributed by atoms with Gasteiger partial charge in [-0.15, -0.1) is 0 Å². The number of rotatable bonds is 8. The largest absolute Gasteiger partial charge is 0.495 e. The van der Waals surface area contributed by atoms with E-state index < -0.39 is 28.6 Å². The minimum Gasteiger partial charge on any atom is -0.495 e. The molecular formula is C24H23ClN2O6S. The lowest BCUT2D eigenvalue weighted by Gasteiger charge is -2.28. The highest BCUT2D eigenvalue weighted by molar-refractivity contribution is 7.92. The summed E-state index contributed by atoms with van der Waals surface area (Å²) in [4.78, 5) is 12.9. The van der Waals surface area contributed by atoms with Crippen LogP contribution in [-0.2, 0) is 14.8 Å². The Labute approximate surface area is 203 Å². The molecule has 1 atom stereocenters. The second-order valence-electron chi connectivity index (χ2n) is 7.44. The van der Waals surface area contributed by atoms with E-state index >= 15 is 0 Å². The number of ether oxygens (including phenoxy) is 3. The van der Waals surface area contributed by atoms with E-state index in [-0.39, 0.29) is 29.5 Å². The number of carbonyl (C=O) groups excluding carboxylic acids is 1. The van der Waals surface area contributed by atoms with Gasteiger partial charge in [-0.1, -0.05) is 41.9 Å². The normalized spacial score (nSPS) is 14.8. The quantitative estimate of drug-likeness (QED) is 0.506. The summed E-state index contributed by atoms with van der Waals surface area (Å²) in [5, 5.41) is 3.04. The third kappa shape index (κ3) is 5.21. The fraction of sp³-hybridized carbons (Fsp3) is 0.208. The molecule has 178 valence electrons. The number of nitrogens with zero attached hydrogens (tertiary/aromatic N) is 1. The molecule has 1 amide bonds. The Morgan fingerprint density at radius 3 is 2.53 bits per heavy atom. The lowest BCUT2D eigenvalue weighted by molar-refractivity contribution is -0.120. The highest BCUT2D eigenvalue weighted by Gasteiger charge is 2.30. The van der Waals surface area contributed by atoms with Crippen molar-refractivity contribution in [2.45, 2.75) is 11.0 Å². The van der Waals surface area contributed by atoms with Crippen molar-refractivity contribution in [2.75, 3.05) is 31.1 Å². The Morgan fingerprint density at radius 1 is 1.09 bits per heavy atom. The van der Waals surface area contributed by atoms with E-state index in [4.69, 9.17) is 25.8 Å². The zero-order chi connectivity index (χ0) is 24.1. The highest BCUT2D eigenvalue weighted by atomic mass is 35.5. The third-order valence-corrected chi connectivity index (χ3v) is 7.13. The fourth-order valence-corrected chi connectivity index (χ4v) is 5.07. The zero-order valence-electron chi connectivity index (χ0n) is 18.3. The molecule has 0 unspecified atom stereocenters. The zero-order valence-corrected chi connectivity index (χ0v) is 19.9. The number of benzene rings is 3. The average molecular weight is 503 g/mol. The number of carbonyl (C=O) groups is 1. The van der Waals surface area contributed by atoms with Crippen LogP contribution in [-0.4, -0.2) is 47.2 Å². The van der Waals surface area contributed by atoms with E-state index in [9.17, 15) is 13.2 Å². The molecule has 1 aliphatic rings. The smallest absolute Gasteiger partial charge is 0.264 e. The van der Waals surface area contributed by atoms with Gasteiger partial charge >= 0.3 is 0 Å². The Kier molecular flexibility index (Phi) is 7.14. The molecular weight excluding hydrogens is 480 g/mol. The van der Waals surface area contributed by atoms with Gasteiger partial charge < -0.3 is 19.5 Å². The standard InChI is InChI=1S/C24H23ClN2O6S/c1-31-21-12-11-17(25)13-20(21)27(34(29,30)19-7-3-2-4-8-19)15-24(28)26-14-18-16-32-22-9-5-6-10-23(22)33-18/h2-13,18H,14-16H2,1H3,(H,26,28)/t18-/m0/s1. The second kappa shape index (κ2) is 10.2. The molecule has 3 aromatic rings. The molecule has 34 heavy (non-hydrogen) atoms. The molecule has 0 spiro atoms. The van der Waals surface area contributed by atoms with Crippen molar-refractivity contribution in [1.29, 1.82) is 0 Å². The number of amides is 1. The summed E-state index contributed by atoms with van der Waals surface area (Å²) in [5.41, 5.74) is 0.153. The number of methoxy groups -OCH3 is 1. The van der Waals surface area contributed by atoms with E-state index in [0.717, 1.165) is 4.31 Å². The van der Waals surface area contributed by atoms with Gasteiger partial charge in [0, 0.05) is 5.02 Å². The van der Waals surface area contributed by atoms with Crippen molar-refractivity contribution >= 4 is 33.2 Å². The molecule has 0 fully saturated rings. The van der Waals surface area contributed by atoms with Crippen LogP contribution in [0.25, 0.3) is 0 Å². The summed E-state index contributed by atoms with van der Waals surface area (Å²) in [6, 6.07) is 19.7. The maximum Gasteiger partial charge on any atom is 0.264 e. The monoisotopic (exact) mass is 502 g/mol. The molecule has 0 bridgehead atoms. The minimum atomic E-state index is -4.10. The first-order chi connectivity index (χ1) is 16.4. The van der Waals surface area contributed by atoms with Crippen LogP contribution in [0.15, 0.2) is 77.7 Å². The minimum absolute atomic E-state index is 0.0328. The van der Waals surface area contributed by atoms with Crippen LogP contribution in [0, 0.1) is 0 Å². The molecule has 0 aromatic heterocycles. The third-order valence-electron chi connectivity index (χ3n) is 5.12. The number of hydrogen-bond acceptors (Lipinski definition) is 6. The summed E-state index contributed by atoms with van der Waals surface area (Å²) in [6.45, 7) is -0.0946. The van der Waals surface area contributed by atoms with Crippen LogP contribution >= 0.6 is 11.6 Å². The summed E-state index contributed by atoms with van der Waals surface area (Å²) in [5.74, 6) is 0.963. The fourth-order valence-electron chi connectivity index (χ4n) is 3.46. The molecule has 1 heterocycles. The predicted octanol–water partition coefficient (Wildman–Crippen LogP) is 3.50. The maximum absolute atomic E-state index is 13.5. The first kappa shape index (κ1) is 23.7. The number of para-hydroxylation sites is 2. The van der Waals surface area contributed by atoms with Crippen LogP contribution in [0.4, 0.5) is 5.69 Å². The van der Waals surface area contributed by atoms with Gasteiger partial charge in [0.25, 0.3) is 10.0 Å². The molecule has 0 radical (unpaired) electrons. The molecule has 0 saturated carbocycles. The molecule has 8 nitrogen and oxygen atoms in total. The van der Waals surface area contributed by atoms with E-state index in [1.165, 1.54) is 25.3 Å². The van der Waals surface area contributed by atoms with Crippen LogP contribution in [0.2, 0.25) is 5.02 Å². The Balaban J connectivity index is 1.54. The SMILES string of the molecule is COc1ccc(Cl)cc1N(CC(=O)NC[C@H]1COc2ccccc2O1)S(=O)(=O)c1ccccc1. The van der Waals surface area contributed by atoms with E-state index in [0.29, 0.717) is 16.5 Å². The number of sulfonamides is 1. The van der Waals surface area contributed by atoms with Crippen LogP contribution in [0.1, 0.15) is 0 Å². The molecule has 4 rings (SSSR count). The van der Waals surface area contributed by atoms with Crippen molar-refractivity contribution in [1.82, 2.24) is 5.32 Å². The highest BCUT2D eigenvalue weighted by Crippen LogP contribution is 2.35.